The second kappa shape index (κ2) is 5.87. The molecule has 1 aliphatic heterocycles. The lowest BCUT2D eigenvalue weighted by atomic mass is 9.96. The summed E-state index contributed by atoms with van der Waals surface area (Å²) in [7, 11) is 0. The van der Waals surface area contributed by atoms with Crippen molar-refractivity contribution in [1.82, 2.24) is 5.32 Å². The number of carbonyl (C=O) groups is 1. The second-order valence-electron chi connectivity index (χ2n) is 3.90. The van der Waals surface area contributed by atoms with Crippen LogP contribution in [0.15, 0.2) is 35.3 Å². The second-order valence-corrected chi connectivity index (χ2v) is 4.98. The van der Waals surface area contributed by atoms with Crippen LogP contribution in [-0.4, -0.2) is 23.4 Å². The fraction of sp³-hybridized carbons (Fsp3) is 0.385. The first kappa shape index (κ1) is 12.2. The molecule has 0 bridgehead atoms. The predicted octanol–water partition coefficient (Wildman–Crippen LogP) is 2.40. The molecule has 0 spiro atoms. The number of amides is 1. The van der Waals surface area contributed by atoms with Gasteiger partial charge in [-0.05, 0) is 12.0 Å². The zero-order chi connectivity index (χ0) is 12.1. The van der Waals surface area contributed by atoms with Crippen molar-refractivity contribution in [2.75, 3.05) is 12.3 Å². The number of nitrogens with one attached hydrogen (secondary N) is 1. The van der Waals surface area contributed by atoms with Crippen molar-refractivity contribution in [3.05, 3.63) is 35.9 Å². The highest BCUT2D eigenvalue weighted by Gasteiger charge is 2.20. The molecule has 1 aliphatic rings. The van der Waals surface area contributed by atoms with Crippen molar-refractivity contribution in [3.63, 3.8) is 0 Å². The van der Waals surface area contributed by atoms with Gasteiger partial charge in [-0.3, -0.25) is 9.79 Å². The molecule has 1 atom stereocenters. The molecule has 1 amide bonds. The normalized spacial score (nSPS) is 16.4. The van der Waals surface area contributed by atoms with Gasteiger partial charge in [0.25, 0.3) is 0 Å². The first-order valence-electron chi connectivity index (χ1n) is 5.84. The van der Waals surface area contributed by atoms with Crippen LogP contribution in [0.1, 0.15) is 24.8 Å². The predicted molar refractivity (Wildman–Crippen MR) is 72.4 cm³/mol. The van der Waals surface area contributed by atoms with E-state index in [1.807, 2.05) is 37.3 Å². The topological polar surface area (TPSA) is 41.5 Å². The number of amidine groups is 1. The van der Waals surface area contributed by atoms with Gasteiger partial charge >= 0.3 is 0 Å². The molecule has 0 radical (unpaired) electrons. The summed E-state index contributed by atoms with van der Waals surface area (Å²) in [6.07, 6.45) is 0.799. The smallest absolute Gasteiger partial charge is 0.233 e. The summed E-state index contributed by atoms with van der Waals surface area (Å²) in [6, 6.07) is 9.89. The summed E-state index contributed by atoms with van der Waals surface area (Å²) in [5.41, 5.74) is 1.07. The summed E-state index contributed by atoms with van der Waals surface area (Å²) in [6.45, 7) is 2.84. The highest BCUT2D eigenvalue weighted by atomic mass is 32.2. The van der Waals surface area contributed by atoms with Crippen LogP contribution < -0.4 is 5.32 Å². The van der Waals surface area contributed by atoms with Gasteiger partial charge < -0.3 is 5.32 Å². The molecule has 1 N–H and O–H groups in total. The van der Waals surface area contributed by atoms with Gasteiger partial charge in [-0.25, -0.2) is 0 Å². The van der Waals surface area contributed by atoms with Gasteiger partial charge in [-0.15, -0.1) is 0 Å². The first-order valence-corrected chi connectivity index (χ1v) is 6.83. The Bertz CT molecular complexity index is 417. The van der Waals surface area contributed by atoms with E-state index >= 15 is 0 Å². The SMILES string of the molecule is CCC(C(=O)NC1=NCCS1)c1ccccc1. The van der Waals surface area contributed by atoms with Crippen LogP contribution in [0.4, 0.5) is 0 Å². The molecule has 0 saturated heterocycles. The van der Waals surface area contributed by atoms with Crippen LogP contribution >= 0.6 is 11.8 Å². The minimum absolute atomic E-state index is 0.0480. The summed E-state index contributed by atoms with van der Waals surface area (Å²) in [5.74, 6) is 0.935. The van der Waals surface area contributed by atoms with E-state index in [-0.39, 0.29) is 11.8 Å². The number of hydrogen-bond donors (Lipinski definition) is 1. The van der Waals surface area contributed by atoms with E-state index in [4.69, 9.17) is 0 Å². The van der Waals surface area contributed by atoms with Crippen molar-refractivity contribution in [1.29, 1.82) is 0 Å². The molecule has 17 heavy (non-hydrogen) atoms. The lowest BCUT2D eigenvalue weighted by Gasteiger charge is -2.14. The minimum atomic E-state index is -0.0832. The third kappa shape index (κ3) is 3.09. The molecule has 0 fully saturated rings. The Morgan fingerprint density at radius 1 is 1.47 bits per heavy atom. The van der Waals surface area contributed by atoms with Gasteiger partial charge in [0.2, 0.25) is 5.91 Å². The van der Waals surface area contributed by atoms with Crippen LogP contribution in [0, 0.1) is 0 Å². The van der Waals surface area contributed by atoms with Crippen molar-refractivity contribution < 1.29 is 4.79 Å². The minimum Gasteiger partial charge on any atom is -0.305 e. The van der Waals surface area contributed by atoms with E-state index in [1.54, 1.807) is 11.8 Å². The van der Waals surface area contributed by atoms with E-state index in [2.05, 4.69) is 10.3 Å². The highest BCUT2D eigenvalue weighted by Crippen LogP contribution is 2.20. The van der Waals surface area contributed by atoms with Crippen molar-refractivity contribution in [3.8, 4) is 0 Å². The number of benzene rings is 1. The number of aliphatic imine (C=N–C) groups is 1. The van der Waals surface area contributed by atoms with Crippen LogP contribution in [0.3, 0.4) is 0 Å². The molecular weight excluding hydrogens is 232 g/mol. The number of carbonyl (C=O) groups excluding carboxylic acids is 1. The molecule has 1 unspecified atom stereocenters. The van der Waals surface area contributed by atoms with E-state index in [0.29, 0.717) is 0 Å². The van der Waals surface area contributed by atoms with Crippen molar-refractivity contribution in [2.24, 2.45) is 4.99 Å². The first-order chi connectivity index (χ1) is 8.31. The van der Waals surface area contributed by atoms with Crippen LogP contribution in [-0.2, 0) is 4.79 Å². The number of thioether (sulfide) groups is 1. The Kier molecular flexibility index (Phi) is 4.20. The number of rotatable bonds is 3. The standard InChI is InChI=1S/C13H16N2OS/c1-2-11(10-6-4-3-5-7-10)12(16)15-13-14-8-9-17-13/h3-7,11H,2,8-9H2,1H3,(H,14,15,16). The third-order valence-corrected chi connectivity index (χ3v) is 3.63. The van der Waals surface area contributed by atoms with E-state index in [1.165, 1.54) is 0 Å². The Hall–Kier alpha value is -1.29. The zero-order valence-electron chi connectivity index (χ0n) is 9.85. The Labute approximate surface area is 106 Å². The molecule has 90 valence electrons. The summed E-state index contributed by atoms with van der Waals surface area (Å²) in [4.78, 5) is 16.4. The third-order valence-electron chi connectivity index (χ3n) is 2.74. The molecule has 1 aromatic carbocycles. The number of hydrogen-bond acceptors (Lipinski definition) is 3. The fourth-order valence-electron chi connectivity index (χ4n) is 1.86. The van der Waals surface area contributed by atoms with Gasteiger partial charge in [0.1, 0.15) is 0 Å². The van der Waals surface area contributed by atoms with Crippen LogP contribution in [0.25, 0.3) is 0 Å². The van der Waals surface area contributed by atoms with Crippen molar-refractivity contribution >= 4 is 22.8 Å². The van der Waals surface area contributed by atoms with E-state index in [9.17, 15) is 4.79 Å². The maximum Gasteiger partial charge on any atom is 0.233 e. The average Bonchev–Trinajstić information content (AvgIpc) is 2.84. The van der Waals surface area contributed by atoms with Crippen LogP contribution in [0.2, 0.25) is 0 Å². The van der Waals surface area contributed by atoms with Crippen LogP contribution in [0.5, 0.6) is 0 Å². The van der Waals surface area contributed by atoms with Gasteiger partial charge in [0.15, 0.2) is 5.17 Å². The monoisotopic (exact) mass is 248 g/mol. The van der Waals surface area contributed by atoms with Gasteiger partial charge in [-0.2, -0.15) is 0 Å². The molecule has 1 heterocycles. The Morgan fingerprint density at radius 3 is 2.82 bits per heavy atom. The molecular formula is C13H16N2OS. The Balaban J connectivity index is 2.05. The molecule has 1 aromatic rings. The average molecular weight is 248 g/mol. The fourth-order valence-corrected chi connectivity index (χ4v) is 2.59. The van der Waals surface area contributed by atoms with Crippen molar-refractivity contribution in [2.45, 2.75) is 19.3 Å². The molecule has 0 aliphatic carbocycles. The zero-order valence-corrected chi connectivity index (χ0v) is 10.7. The maximum atomic E-state index is 12.1. The number of nitrogens with zero attached hydrogens (tertiary/aromatic N) is 1. The lowest BCUT2D eigenvalue weighted by Crippen LogP contribution is -2.32. The maximum absolute atomic E-state index is 12.1. The van der Waals surface area contributed by atoms with E-state index < -0.39 is 0 Å². The quantitative estimate of drug-likeness (QED) is 0.892. The highest BCUT2D eigenvalue weighted by molar-refractivity contribution is 8.14. The molecule has 2 rings (SSSR count). The molecule has 3 nitrogen and oxygen atoms in total. The molecule has 0 saturated carbocycles. The van der Waals surface area contributed by atoms with E-state index in [0.717, 1.165) is 29.4 Å². The van der Waals surface area contributed by atoms with Gasteiger partial charge in [-0.1, -0.05) is 49.0 Å². The molecule has 4 heteroatoms. The summed E-state index contributed by atoms with van der Waals surface area (Å²) >= 11 is 1.61. The molecule has 0 aromatic heterocycles. The van der Waals surface area contributed by atoms with Gasteiger partial charge in [0, 0.05) is 5.75 Å². The largest absolute Gasteiger partial charge is 0.305 e. The van der Waals surface area contributed by atoms with Gasteiger partial charge in [0.05, 0.1) is 12.5 Å². The summed E-state index contributed by atoms with van der Waals surface area (Å²) in [5, 5.41) is 3.67. The Morgan fingerprint density at radius 2 is 2.24 bits per heavy atom. The summed E-state index contributed by atoms with van der Waals surface area (Å²) < 4.78 is 0. The lowest BCUT2D eigenvalue weighted by molar-refractivity contribution is -0.121.